The van der Waals surface area contributed by atoms with Crippen molar-refractivity contribution in [3.05, 3.63) is 46.5 Å². The molecule has 0 aliphatic heterocycles. The van der Waals surface area contributed by atoms with E-state index in [2.05, 4.69) is 4.98 Å². The SMILES string of the molecule is C[C@@H](CO)SCc1cc(=O)n2ccccc2n1. The maximum Gasteiger partial charge on any atom is 0.258 e. The molecule has 0 bridgehead atoms. The molecule has 0 aromatic carbocycles. The third-order valence-electron chi connectivity index (χ3n) is 2.40. The lowest BCUT2D eigenvalue weighted by Gasteiger charge is -2.07. The first-order valence-electron chi connectivity index (χ1n) is 5.40. The summed E-state index contributed by atoms with van der Waals surface area (Å²) in [6.45, 7) is 2.08. The minimum Gasteiger partial charge on any atom is -0.395 e. The number of hydrogen-bond acceptors (Lipinski definition) is 4. The maximum absolute atomic E-state index is 11.8. The van der Waals surface area contributed by atoms with Gasteiger partial charge in [0.1, 0.15) is 5.65 Å². The molecule has 90 valence electrons. The van der Waals surface area contributed by atoms with Gasteiger partial charge >= 0.3 is 0 Å². The van der Waals surface area contributed by atoms with Crippen LogP contribution in [0.25, 0.3) is 5.65 Å². The van der Waals surface area contributed by atoms with E-state index in [9.17, 15) is 4.79 Å². The average molecular weight is 250 g/mol. The van der Waals surface area contributed by atoms with Gasteiger partial charge in [-0.25, -0.2) is 4.98 Å². The van der Waals surface area contributed by atoms with E-state index in [1.165, 1.54) is 4.40 Å². The second-order valence-corrected chi connectivity index (χ2v) is 5.25. The summed E-state index contributed by atoms with van der Waals surface area (Å²) in [6.07, 6.45) is 1.71. The lowest BCUT2D eigenvalue weighted by atomic mass is 10.4. The minimum atomic E-state index is -0.0668. The predicted octanol–water partition coefficient (Wildman–Crippen LogP) is 1.31. The summed E-state index contributed by atoms with van der Waals surface area (Å²) in [7, 11) is 0. The van der Waals surface area contributed by atoms with Gasteiger partial charge in [-0.2, -0.15) is 11.8 Å². The molecule has 0 amide bonds. The molecule has 0 fully saturated rings. The Kier molecular flexibility index (Phi) is 3.81. The summed E-state index contributed by atoms with van der Waals surface area (Å²) in [5.74, 6) is 0.641. The highest BCUT2D eigenvalue weighted by Crippen LogP contribution is 2.15. The molecular weight excluding hydrogens is 236 g/mol. The molecule has 2 aromatic heterocycles. The molecule has 5 heteroatoms. The number of fused-ring (bicyclic) bond motifs is 1. The highest BCUT2D eigenvalue weighted by Gasteiger charge is 2.05. The van der Waals surface area contributed by atoms with Crippen molar-refractivity contribution in [3.63, 3.8) is 0 Å². The number of aliphatic hydroxyl groups excluding tert-OH is 1. The number of aliphatic hydroxyl groups is 1. The Labute approximate surface area is 103 Å². The molecule has 0 unspecified atom stereocenters. The summed E-state index contributed by atoms with van der Waals surface area (Å²) in [6, 6.07) is 7.02. The third kappa shape index (κ3) is 2.87. The van der Waals surface area contributed by atoms with Crippen molar-refractivity contribution in [3.8, 4) is 0 Å². The molecule has 0 saturated carbocycles. The minimum absolute atomic E-state index is 0.0668. The van der Waals surface area contributed by atoms with Gasteiger partial charge in [-0.3, -0.25) is 9.20 Å². The molecule has 1 atom stereocenters. The summed E-state index contributed by atoms with van der Waals surface area (Å²) >= 11 is 1.59. The Bertz CT molecular complexity index is 568. The predicted molar refractivity (Wildman–Crippen MR) is 69.3 cm³/mol. The quantitative estimate of drug-likeness (QED) is 0.889. The topological polar surface area (TPSA) is 54.6 Å². The summed E-state index contributed by atoms with van der Waals surface area (Å²) < 4.78 is 1.52. The first-order valence-corrected chi connectivity index (χ1v) is 6.45. The molecule has 0 spiro atoms. The van der Waals surface area contributed by atoms with E-state index in [0.29, 0.717) is 11.4 Å². The smallest absolute Gasteiger partial charge is 0.258 e. The molecular formula is C12H14N2O2S. The van der Waals surface area contributed by atoms with Gasteiger partial charge in [-0.1, -0.05) is 13.0 Å². The van der Waals surface area contributed by atoms with Crippen molar-refractivity contribution in [2.24, 2.45) is 0 Å². The fourth-order valence-corrected chi connectivity index (χ4v) is 2.17. The standard InChI is InChI=1S/C12H14N2O2S/c1-9(7-15)17-8-10-6-12(16)14-5-3-2-4-11(14)13-10/h2-6,9,15H,7-8H2,1H3/t9-/m0/s1. The molecule has 4 nitrogen and oxygen atoms in total. The highest BCUT2D eigenvalue weighted by molar-refractivity contribution is 7.99. The van der Waals surface area contributed by atoms with Gasteiger partial charge < -0.3 is 5.11 Å². The second-order valence-electron chi connectivity index (χ2n) is 3.82. The van der Waals surface area contributed by atoms with E-state index in [0.717, 1.165) is 5.69 Å². The molecule has 0 aliphatic rings. The van der Waals surface area contributed by atoms with E-state index >= 15 is 0 Å². The van der Waals surface area contributed by atoms with Crippen molar-refractivity contribution >= 4 is 17.4 Å². The molecule has 0 radical (unpaired) electrons. The van der Waals surface area contributed by atoms with Crippen LogP contribution in [0.2, 0.25) is 0 Å². The van der Waals surface area contributed by atoms with E-state index in [1.807, 2.05) is 19.1 Å². The zero-order valence-electron chi connectivity index (χ0n) is 9.54. The Balaban J connectivity index is 2.28. The van der Waals surface area contributed by atoms with Gasteiger partial charge in [0.2, 0.25) is 0 Å². The highest BCUT2D eigenvalue weighted by atomic mass is 32.2. The van der Waals surface area contributed by atoms with Crippen LogP contribution in [-0.2, 0) is 5.75 Å². The molecule has 2 aromatic rings. The fraction of sp³-hybridized carbons (Fsp3) is 0.333. The Hall–Kier alpha value is -1.33. The first-order chi connectivity index (χ1) is 8.20. The zero-order valence-corrected chi connectivity index (χ0v) is 10.4. The number of rotatable bonds is 4. The maximum atomic E-state index is 11.8. The van der Waals surface area contributed by atoms with Crippen LogP contribution in [0.5, 0.6) is 0 Å². The summed E-state index contributed by atoms with van der Waals surface area (Å²) in [5.41, 5.74) is 1.35. The molecule has 0 aliphatic carbocycles. The first kappa shape index (κ1) is 12.1. The molecule has 2 heterocycles. The van der Waals surface area contributed by atoms with Gasteiger partial charge in [0.15, 0.2) is 0 Å². The van der Waals surface area contributed by atoms with Crippen molar-refractivity contribution < 1.29 is 5.11 Å². The van der Waals surface area contributed by atoms with Gasteiger partial charge in [0.05, 0.1) is 12.3 Å². The van der Waals surface area contributed by atoms with Crippen molar-refractivity contribution in [2.75, 3.05) is 6.61 Å². The van der Waals surface area contributed by atoms with Crippen LogP contribution in [0.3, 0.4) is 0 Å². The van der Waals surface area contributed by atoms with Crippen molar-refractivity contribution in [2.45, 2.75) is 17.9 Å². The molecule has 1 N–H and O–H groups in total. The van der Waals surface area contributed by atoms with Crippen LogP contribution in [0.15, 0.2) is 35.3 Å². The molecule has 2 rings (SSSR count). The largest absolute Gasteiger partial charge is 0.395 e. The van der Waals surface area contributed by atoms with Gasteiger partial charge in [0, 0.05) is 23.3 Å². The second kappa shape index (κ2) is 5.33. The van der Waals surface area contributed by atoms with Crippen molar-refractivity contribution in [1.82, 2.24) is 9.38 Å². The number of aromatic nitrogens is 2. The lowest BCUT2D eigenvalue weighted by molar-refractivity contribution is 0.300. The molecule has 17 heavy (non-hydrogen) atoms. The van der Waals surface area contributed by atoms with Crippen LogP contribution in [0.4, 0.5) is 0 Å². The van der Waals surface area contributed by atoms with Crippen LogP contribution in [0, 0.1) is 0 Å². The number of hydrogen-bond donors (Lipinski definition) is 1. The Morgan fingerprint density at radius 3 is 3.12 bits per heavy atom. The Morgan fingerprint density at radius 1 is 1.53 bits per heavy atom. The van der Waals surface area contributed by atoms with Crippen LogP contribution < -0.4 is 5.56 Å². The zero-order chi connectivity index (χ0) is 12.3. The monoisotopic (exact) mass is 250 g/mol. The van der Waals surface area contributed by atoms with Crippen LogP contribution in [-0.4, -0.2) is 26.3 Å². The van der Waals surface area contributed by atoms with Crippen LogP contribution >= 0.6 is 11.8 Å². The van der Waals surface area contributed by atoms with Gasteiger partial charge in [-0.15, -0.1) is 0 Å². The van der Waals surface area contributed by atoms with E-state index in [-0.39, 0.29) is 17.4 Å². The van der Waals surface area contributed by atoms with Gasteiger partial charge in [0.25, 0.3) is 5.56 Å². The number of pyridine rings is 1. The molecule has 0 saturated heterocycles. The van der Waals surface area contributed by atoms with Gasteiger partial charge in [-0.05, 0) is 12.1 Å². The van der Waals surface area contributed by atoms with E-state index in [1.54, 1.807) is 30.1 Å². The van der Waals surface area contributed by atoms with E-state index in [4.69, 9.17) is 5.11 Å². The summed E-state index contributed by atoms with van der Waals surface area (Å²) in [4.78, 5) is 16.2. The fourth-order valence-electron chi connectivity index (χ4n) is 1.46. The summed E-state index contributed by atoms with van der Waals surface area (Å²) in [5, 5.41) is 9.09. The number of nitrogens with zero attached hydrogens (tertiary/aromatic N) is 2. The Morgan fingerprint density at radius 2 is 2.35 bits per heavy atom. The third-order valence-corrected chi connectivity index (χ3v) is 3.58. The van der Waals surface area contributed by atoms with Crippen LogP contribution in [0.1, 0.15) is 12.6 Å². The number of thioether (sulfide) groups is 1. The normalized spacial score (nSPS) is 12.8. The van der Waals surface area contributed by atoms with E-state index < -0.39 is 0 Å². The average Bonchev–Trinajstić information content (AvgIpc) is 2.36. The lowest BCUT2D eigenvalue weighted by Crippen LogP contribution is -2.15. The van der Waals surface area contributed by atoms with Crippen molar-refractivity contribution in [1.29, 1.82) is 0 Å².